The Labute approximate surface area is 168 Å². The van der Waals surface area contributed by atoms with Gasteiger partial charge in [-0.1, -0.05) is 30.3 Å². The van der Waals surface area contributed by atoms with Gasteiger partial charge < -0.3 is 19.9 Å². The topological polar surface area (TPSA) is 60.4 Å². The Morgan fingerprint density at radius 2 is 1.96 bits per heavy atom. The second kappa shape index (κ2) is 9.89. The van der Waals surface area contributed by atoms with E-state index in [1.807, 2.05) is 18.2 Å². The van der Waals surface area contributed by atoms with Crippen LogP contribution in [-0.4, -0.2) is 92.6 Å². The first kappa shape index (κ1) is 20.6. The molecule has 2 aliphatic heterocycles. The lowest BCUT2D eigenvalue weighted by molar-refractivity contribution is -0.127. The lowest BCUT2D eigenvalue weighted by Gasteiger charge is -2.32. The Morgan fingerprint density at radius 1 is 1.25 bits per heavy atom. The van der Waals surface area contributed by atoms with Crippen LogP contribution in [0.2, 0.25) is 0 Å². The molecular weight excluding hydrogens is 354 g/mol. The van der Waals surface area contributed by atoms with Gasteiger partial charge in [-0.25, -0.2) is 4.99 Å². The molecule has 0 saturated carbocycles. The highest BCUT2D eigenvalue weighted by Crippen LogP contribution is 2.19. The van der Waals surface area contributed by atoms with Crippen molar-refractivity contribution in [1.29, 1.82) is 0 Å². The van der Waals surface area contributed by atoms with Crippen LogP contribution in [0.25, 0.3) is 0 Å². The number of ether oxygens (including phenoxy) is 1. The van der Waals surface area contributed by atoms with E-state index in [1.165, 1.54) is 5.56 Å². The van der Waals surface area contributed by atoms with Gasteiger partial charge in [-0.3, -0.25) is 9.69 Å². The van der Waals surface area contributed by atoms with Gasteiger partial charge >= 0.3 is 0 Å². The molecule has 0 radical (unpaired) electrons. The minimum Gasteiger partial charge on any atom is -0.379 e. The third-order valence-corrected chi connectivity index (χ3v) is 5.53. The Hall–Kier alpha value is -2.12. The van der Waals surface area contributed by atoms with Crippen molar-refractivity contribution in [3.8, 4) is 0 Å². The number of nitrogens with zero attached hydrogens (tertiary/aromatic N) is 4. The minimum absolute atomic E-state index is 0.00981. The number of hydrogen-bond acceptors (Lipinski definition) is 4. The number of likely N-dealkylation sites (tertiary alicyclic amines) is 1. The van der Waals surface area contributed by atoms with Crippen LogP contribution < -0.4 is 5.32 Å². The quantitative estimate of drug-likeness (QED) is 0.608. The van der Waals surface area contributed by atoms with Crippen LogP contribution in [0.1, 0.15) is 24.9 Å². The van der Waals surface area contributed by atoms with Gasteiger partial charge in [-0.15, -0.1) is 0 Å². The maximum Gasteiger partial charge on any atom is 0.243 e. The molecule has 1 aromatic carbocycles. The molecule has 3 rings (SSSR count). The number of aliphatic imine (C=N–C) groups is 1. The van der Waals surface area contributed by atoms with E-state index in [4.69, 9.17) is 4.74 Å². The van der Waals surface area contributed by atoms with Crippen molar-refractivity contribution in [3.63, 3.8) is 0 Å². The molecular formula is C21H33N5O2. The first-order valence-electron chi connectivity index (χ1n) is 10.2. The fourth-order valence-electron chi connectivity index (χ4n) is 3.71. The van der Waals surface area contributed by atoms with Crippen molar-refractivity contribution in [2.24, 2.45) is 4.99 Å². The molecule has 1 aromatic rings. The van der Waals surface area contributed by atoms with Crippen molar-refractivity contribution < 1.29 is 9.53 Å². The molecule has 28 heavy (non-hydrogen) atoms. The number of rotatable bonds is 5. The van der Waals surface area contributed by atoms with Crippen LogP contribution >= 0.6 is 0 Å². The predicted octanol–water partition coefficient (Wildman–Crippen LogP) is 1.19. The van der Waals surface area contributed by atoms with E-state index in [9.17, 15) is 4.79 Å². The molecule has 7 heteroatoms. The maximum absolute atomic E-state index is 12.1. The average molecular weight is 388 g/mol. The van der Waals surface area contributed by atoms with Crippen molar-refractivity contribution in [1.82, 2.24) is 20.0 Å². The number of amides is 1. The molecule has 2 saturated heterocycles. The molecule has 154 valence electrons. The zero-order chi connectivity index (χ0) is 19.9. The Balaban J connectivity index is 1.68. The molecule has 0 spiro atoms. The van der Waals surface area contributed by atoms with E-state index >= 15 is 0 Å². The van der Waals surface area contributed by atoms with Gasteiger partial charge in [-0.05, 0) is 18.9 Å². The number of likely N-dealkylation sites (N-methyl/N-ethyl adjacent to an activating group) is 1. The third-order valence-electron chi connectivity index (χ3n) is 5.53. The second-order valence-corrected chi connectivity index (χ2v) is 7.74. The summed E-state index contributed by atoms with van der Waals surface area (Å²) in [4.78, 5) is 23.1. The van der Waals surface area contributed by atoms with Gasteiger partial charge in [0.2, 0.25) is 5.91 Å². The maximum atomic E-state index is 12.1. The van der Waals surface area contributed by atoms with E-state index in [2.05, 4.69) is 39.2 Å². The minimum atomic E-state index is 0.00981. The number of benzene rings is 1. The summed E-state index contributed by atoms with van der Waals surface area (Å²) in [5.41, 5.74) is 1.21. The summed E-state index contributed by atoms with van der Waals surface area (Å²) in [5.74, 6) is 0.831. The van der Waals surface area contributed by atoms with Gasteiger partial charge in [0, 0.05) is 46.3 Å². The van der Waals surface area contributed by atoms with Crippen molar-refractivity contribution in [3.05, 3.63) is 35.9 Å². The molecule has 2 aliphatic rings. The fourth-order valence-corrected chi connectivity index (χ4v) is 3.71. The number of carbonyl (C=O) groups is 1. The molecule has 2 heterocycles. The van der Waals surface area contributed by atoms with E-state index in [1.54, 1.807) is 19.0 Å². The SMILES string of the molecule is CC(NC(=NCC(=O)N(C)C)N1CCC(N2CCOCC2)C1)c1ccccc1. The monoisotopic (exact) mass is 387 g/mol. The highest BCUT2D eigenvalue weighted by atomic mass is 16.5. The van der Waals surface area contributed by atoms with Crippen LogP contribution in [0.4, 0.5) is 0 Å². The van der Waals surface area contributed by atoms with Crippen molar-refractivity contribution in [2.75, 3.05) is 60.0 Å². The number of nitrogens with one attached hydrogen (secondary N) is 1. The molecule has 7 nitrogen and oxygen atoms in total. The molecule has 0 bridgehead atoms. The third kappa shape index (κ3) is 5.45. The van der Waals surface area contributed by atoms with Gasteiger partial charge in [0.05, 0.1) is 19.3 Å². The smallest absolute Gasteiger partial charge is 0.243 e. The van der Waals surface area contributed by atoms with Gasteiger partial charge in [-0.2, -0.15) is 0 Å². The van der Waals surface area contributed by atoms with Gasteiger partial charge in [0.15, 0.2) is 5.96 Å². The summed E-state index contributed by atoms with van der Waals surface area (Å²) in [5, 5.41) is 3.55. The van der Waals surface area contributed by atoms with E-state index in [0.717, 1.165) is 51.8 Å². The zero-order valence-electron chi connectivity index (χ0n) is 17.3. The molecule has 2 unspecified atom stereocenters. The second-order valence-electron chi connectivity index (χ2n) is 7.74. The van der Waals surface area contributed by atoms with Crippen LogP contribution in [0.5, 0.6) is 0 Å². The molecule has 1 N–H and O–H groups in total. The average Bonchev–Trinajstić information content (AvgIpc) is 3.22. The zero-order valence-corrected chi connectivity index (χ0v) is 17.3. The van der Waals surface area contributed by atoms with Crippen LogP contribution in [0, 0.1) is 0 Å². The number of morpholine rings is 1. The predicted molar refractivity (Wildman–Crippen MR) is 111 cm³/mol. The standard InChI is InChI=1S/C21H33N5O2/c1-17(18-7-5-4-6-8-18)23-21(22-15-20(27)24(2)3)26-10-9-19(16-26)25-11-13-28-14-12-25/h4-8,17,19H,9-16H2,1-3H3,(H,22,23). The largest absolute Gasteiger partial charge is 0.379 e. The summed E-state index contributed by atoms with van der Waals surface area (Å²) in [6.07, 6.45) is 1.11. The normalized spacial score (nSPS) is 22.2. The van der Waals surface area contributed by atoms with E-state index < -0.39 is 0 Å². The first-order valence-corrected chi connectivity index (χ1v) is 10.2. The first-order chi connectivity index (χ1) is 13.5. The number of carbonyl (C=O) groups excluding carboxylic acids is 1. The lowest BCUT2D eigenvalue weighted by Crippen LogP contribution is -2.47. The molecule has 2 atom stereocenters. The van der Waals surface area contributed by atoms with Crippen LogP contribution in [-0.2, 0) is 9.53 Å². The van der Waals surface area contributed by atoms with E-state index in [-0.39, 0.29) is 18.5 Å². The van der Waals surface area contributed by atoms with Crippen LogP contribution in [0.15, 0.2) is 35.3 Å². The Morgan fingerprint density at radius 3 is 2.64 bits per heavy atom. The van der Waals surface area contributed by atoms with Crippen molar-refractivity contribution >= 4 is 11.9 Å². The summed E-state index contributed by atoms with van der Waals surface area (Å²) >= 11 is 0. The Bertz CT molecular complexity index is 658. The summed E-state index contributed by atoms with van der Waals surface area (Å²) in [6.45, 7) is 7.81. The molecule has 1 amide bonds. The Kier molecular flexibility index (Phi) is 7.28. The highest BCUT2D eigenvalue weighted by Gasteiger charge is 2.31. The van der Waals surface area contributed by atoms with Gasteiger partial charge in [0.25, 0.3) is 0 Å². The molecule has 0 aromatic heterocycles. The number of guanidine groups is 1. The van der Waals surface area contributed by atoms with Gasteiger partial charge in [0.1, 0.15) is 6.54 Å². The fraction of sp³-hybridized carbons (Fsp3) is 0.619. The molecule has 2 fully saturated rings. The summed E-state index contributed by atoms with van der Waals surface area (Å²) in [7, 11) is 3.53. The van der Waals surface area contributed by atoms with E-state index in [0.29, 0.717) is 6.04 Å². The summed E-state index contributed by atoms with van der Waals surface area (Å²) in [6, 6.07) is 11.0. The highest BCUT2D eigenvalue weighted by molar-refractivity contribution is 5.85. The summed E-state index contributed by atoms with van der Waals surface area (Å²) < 4.78 is 5.49. The van der Waals surface area contributed by atoms with Crippen LogP contribution in [0.3, 0.4) is 0 Å². The number of hydrogen-bond donors (Lipinski definition) is 1. The lowest BCUT2D eigenvalue weighted by atomic mass is 10.1. The van der Waals surface area contributed by atoms with Crippen molar-refractivity contribution in [2.45, 2.75) is 25.4 Å². The molecule has 0 aliphatic carbocycles.